The Balaban J connectivity index is 1.65. The molecular weight excluding hydrogens is 354 g/mol. The fourth-order valence-electron chi connectivity index (χ4n) is 3.40. The first-order valence-electron chi connectivity index (χ1n) is 9.38. The number of rotatable bonds is 8. The number of methoxy groups -OCH3 is 1. The van der Waals surface area contributed by atoms with Gasteiger partial charge in [-0.05, 0) is 31.2 Å². The lowest BCUT2D eigenvalue weighted by atomic mass is 10.2. The van der Waals surface area contributed by atoms with Gasteiger partial charge >= 0.3 is 0 Å². The van der Waals surface area contributed by atoms with E-state index in [0.717, 1.165) is 71.1 Å². The van der Waals surface area contributed by atoms with E-state index in [1.165, 1.54) is 0 Å². The summed E-state index contributed by atoms with van der Waals surface area (Å²) in [6.45, 7) is 2.40. The van der Waals surface area contributed by atoms with Crippen LogP contribution in [0.5, 0.6) is 0 Å². The largest absolute Gasteiger partial charge is 0.385 e. The Morgan fingerprint density at radius 1 is 1.25 bits per heavy atom. The SMILES string of the molecule is CNc1nc2[nH]c(-c3cccc(CNCCCOC)n3)cc2c2c1ncn2C. The molecule has 3 N–H and O–H groups in total. The predicted molar refractivity (Wildman–Crippen MR) is 111 cm³/mol. The van der Waals surface area contributed by atoms with Gasteiger partial charge in [0.2, 0.25) is 0 Å². The maximum absolute atomic E-state index is 5.07. The van der Waals surface area contributed by atoms with Crippen molar-refractivity contribution in [3.8, 4) is 11.4 Å². The lowest BCUT2D eigenvalue weighted by molar-refractivity contribution is 0.194. The Kier molecular flexibility index (Phi) is 5.23. The normalized spacial score (nSPS) is 11.5. The molecular formula is C20H25N7O. The number of anilines is 1. The molecule has 0 aromatic carbocycles. The first-order valence-corrected chi connectivity index (χ1v) is 9.38. The van der Waals surface area contributed by atoms with Gasteiger partial charge < -0.3 is 24.9 Å². The molecule has 0 aliphatic carbocycles. The zero-order valence-corrected chi connectivity index (χ0v) is 16.4. The minimum absolute atomic E-state index is 0.728. The highest BCUT2D eigenvalue weighted by Gasteiger charge is 2.15. The van der Waals surface area contributed by atoms with Crippen LogP contribution in [0.4, 0.5) is 5.82 Å². The minimum atomic E-state index is 0.728. The topological polar surface area (TPSA) is 92.7 Å². The van der Waals surface area contributed by atoms with E-state index in [9.17, 15) is 0 Å². The summed E-state index contributed by atoms with van der Waals surface area (Å²) in [5.41, 5.74) is 5.58. The Labute approximate surface area is 163 Å². The van der Waals surface area contributed by atoms with E-state index in [1.54, 1.807) is 7.11 Å². The Morgan fingerprint density at radius 3 is 2.96 bits per heavy atom. The smallest absolute Gasteiger partial charge is 0.156 e. The zero-order chi connectivity index (χ0) is 19.5. The summed E-state index contributed by atoms with van der Waals surface area (Å²) in [4.78, 5) is 17.4. The van der Waals surface area contributed by atoms with Gasteiger partial charge in [0.15, 0.2) is 5.82 Å². The van der Waals surface area contributed by atoms with Crippen LogP contribution in [0.2, 0.25) is 0 Å². The lowest BCUT2D eigenvalue weighted by Gasteiger charge is -2.05. The van der Waals surface area contributed by atoms with Crippen molar-refractivity contribution < 1.29 is 4.74 Å². The van der Waals surface area contributed by atoms with Crippen molar-refractivity contribution in [1.29, 1.82) is 0 Å². The number of fused-ring (bicyclic) bond motifs is 3. The molecule has 0 fully saturated rings. The number of aromatic nitrogens is 5. The fraction of sp³-hybridized carbons (Fsp3) is 0.350. The molecule has 0 radical (unpaired) electrons. The molecule has 0 saturated carbocycles. The molecule has 8 heteroatoms. The van der Waals surface area contributed by atoms with Crippen molar-refractivity contribution in [3.63, 3.8) is 0 Å². The summed E-state index contributed by atoms with van der Waals surface area (Å²) < 4.78 is 7.09. The van der Waals surface area contributed by atoms with Crippen LogP contribution in [0.3, 0.4) is 0 Å². The number of aromatic amines is 1. The van der Waals surface area contributed by atoms with E-state index in [2.05, 4.69) is 31.7 Å². The Morgan fingerprint density at radius 2 is 2.14 bits per heavy atom. The van der Waals surface area contributed by atoms with E-state index in [4.69, 9.17) is 9.72 Å². The highest BCUT2D eigenvalue weighted by atomic mass is 16.5. The molecule has 28 heavy (non-hydrogen) atoms. The minimum Gasteiger partial charge on any atom is -0.385 e. The molecule has 0 bridgehead atoms. The van der Waals surface area contributed by atoms with Gasteiger partial charge in [-0.25, -0.2) is 15.0 Å². The second-order valence-corrected chi connectivity index (χ2v) is 6.75. The number of aryl methyl sites for hydroxylation is 1. The first-order chi connectivity index (χ1) is 13.7. The van der Waals surface area contributed by atoms with Gasteiger partial charge in [-0.1, -0.05) is 6.07 Å². The molecule has 4 heterocycles. The standard InChI is InChI=1S/C20H25N7O/c1-21-20-17-18(27(2)12-23-17)14-10-16(25-19(14)26-20)15-7-4-6-13(24-15)11-22-8-5-9-28-3/h4,6-7,10,12,22H,5,8-9,11H2,1-3H3,(H2,21,25,26). The van der Waals surface area contributed by atoms with E-state index >= 15 is 0 Å². The van der Waals surface area contributed by atoms with Gasteiger partial charge in [-0.15, -0.1) is 0 Å². The summed E-state index contributed by atoms with van der Waals surface area (Å²) in [6.07, 6.45) is 2.80. The number of H-pyrrole nitrogens is 1. The fourth-order valence-corrected chi connectivity index (χ4v) is 3.40. The van der Waals surface area contributed by atoms with Crippen LogP contribution in [-0.4, -0.2) is 51.8 Å². The van der Waals surface area contributed by atoms with Gasteiger partial charge in [0, 0.05) is 39.7 Å². The maximum atomic E-state index is 5.07. The first kappa shape index (κ1) is 18.4. The average molecular weight is 379 g/mol. The maximum Gasteiger partial charge on any atom is 0.156 e. The van der Waals surface area contributed by atoms with Crippen LogP contribution in [0.15, 0.2) is 30.6 Å². The van der Waals surface area contributed by atoms with Crippen molar-refractivity contribution in [3.05, 3.63) is 36.3 Å². The van der Waals surface area contributed by atoms with Crippen LogP contribution in [0.25, 0.3) is 33.5 Å². The molecule has 146 valence electrons. The van der Waals surface area contributed by atoms with Crippen LogP contribution in [0, 0.1) is 0 Å². The summed E-state index contributed by atoms with van der Waals surface area (Å²) in [7, 11) is 5.57. The van der Waals surface area contributed by atoms with Crippen LogP contribution >= 0.6 is 0 Å². The molecule has 0 aliphatic rings. The summed E-state index contributed by atoms with van der Waals surface area (Å²) >= 11 is 0. The van der Waals surface area contributed by atoms with Crippen molar-refractivity contribution in [2.24, 2.45) is 7.05 Å². The van der Waals surface area contributed by atoms with Gasteiger partial charge in [0.05, 0.1) is 28.9 Å². The van der Waals surface area contributed by atoms with E-state index < -0.39 is 0 Å². The third kappa shape index (κ3) is 3.44. The number of hydrogen-bond acceptors (Lipinski definition) is 6. The third-order valence-electron chi connectivity index (χ3n) is 4.76. The monoisotopic (exact) mass is 379 g/mol. The quantitative estimate of drug-likeness (QED) is 0.408. The molecule has 0 atom stereocenters. The van der Waals surface area contributed by atoms with E-state index in [0.29, 0.717) is 0 Å². The third-order valence-corrected chi connectivity index (χ3v) is 4.76. The highest BCUT2D eigenvalue weighted by Crippen LogP contribution is 2.31. The molecule has 4 aromatic rings. The second kappa shape index (κ2) is 7.95. The van der Waals surface area contributed by atoms with E-state index in [1.807, 2.05) is 43.2 Å². The molecule has 0 unspecified atom stereocenters. The van der Waals surface area contributed by atoms with Crippen molar-refractivity contribution in [1.82, 2.24) is 29.8 Å². The van der Waals surface area contributed by atoms with Gasteiger partial charge in [-0.3, -0.25) is 0 Å². The predicted octanol–water partition coefficient (Wildman–Crippen LogP) is 2.68. The molecule has 0 saturated heterocycles. The van der Waals surface area contributed by atoms with Gasteiger partial charge in [-0.2, -0.15) is 0 Å². The molecule has 0 aliphatic heterocycles. The lowest BCUT2D eigenvalue weighted by Crippen LogP contribution is -2.16. The van der Waals surface area contributed by atoms with Crippen molar-refractivity contribution >= 4 is 27.9 Å². The Bertz CT molecular complexity index is 1100. The molecule has 0 spiro atoms. The zero-order valence-electron chi connectivity index (χ0n) is 16.4. The molecule has 4 rings (SSSR count). The van der Waals surface area contributed by atoms with Gasteiger partial charge in [0.25, 0.3) is 0 Å². The van der Waals surface area contributed by atoms with Gasteiger partial charge in [0.1, 0.15) is 11.2 Å². The Hall–Kier alpha value is -2.97. The van der Waals surface area contributed by atoms with Crippen molar-refractivity contribution in [2.75, 3.05) is 32.6 Å². The molecule has 8 nitrogen and oxygen atoms in total. The second-order valence-electron chi connectivity index (χ2n) is 6.75. The highest BCUT2D eigenvalue weighted by molar-refractivity contribution is 6.07. The van der Waals surface area contributed by atoms with Crippen molar-refractivity contribution in [2.45, 2.75) is 13.0 Å². The number of pyridine rings is 2. The average Bonchev–Trinajstić information content (AvgIpc) is 3.31. The van der Waals surface area contributed by atoms with E-state index in [-0.39, 0.29) is 0 Å². The summed E-state index contributed by atoms with van der Waals surface area (Å²) in [5, 5.41) is 7.57. The van der Waals surface area contributed by atoms with Crippen LogP contribution in [-0.2, 0) is 18.3 Å². The number of nitrogens with one attached hydrogen (secondary N) is 3. The summed E-state index contributed by atoms with van der Waals surface area (Å²) in [6, 6.07) is 8.18. The number of nitrogens with zero attached hydrogens (tertiary/aromatic N) is 4. The number of imidazole rings is 1. The molecule has 4 aromatic heterocycles. The number of ether oxygens (including phenoxy) is 1. The van der Waals surface area contributed by atoms with Crippen LogP contribution in [0.1, 0.15) is 12.1 Å². The molecule has 0 amide bonds. The van der Waals surface area contributed by atoms with Crippen LogP contribution < -0.4 is 10.6 Å². The number of hydrogen-bond donors (Lipinski definition) is 3. The summed E-state index contributed by atoms with van der Waals surface area (Å²) in [5.74, 6) is 0.762.